The van der Waals surface area contributed by atoms with E-state index in [0.29, 0.717) is 11.4 Å². The summed E-state index contributed by atoms with van der Waals surface area (Å²) in [6.45, 7) is 6.86. The molecule has 0 atom stereocenters. The Hall–Kier alpha value is -1.65. The van der Waals surface area contributed by atoms with Gasteiger partial charge < -0.3 is 5.32 Å². The van der Waals surface area contributed by atoms with E-state index in [2.05, 4.69) is 50.4 Å². The molecule has 0 bridgehead atoms. The van der Waals surface area contributed by atoms with Crippen LogP contribution in [0.2, 0.25) is 0 Å². The molecule has 0 aliphatic rings. The molecule has 23 heavy (non-hydrogen) atoms. The lowest BCUT2D eigenvalue weighted by atomic mass is 9.93. The summed E-state index contributed by atoms with van der Waals surface area (Å²) in [6.07, 6.45) is 2.27. The highest BCUT2D eigenvalue weighted by atomic mass is 32.2. The van der Waals surface area contributed by atoms with Crippen LogP contribution in [0.5, 0.6) is 0 Å². The molecule has 4 heteroatoms. The molecule has 0 aliphatic carbocycles. The van der Waals surface area contributed by atoms with E-state index in [1.807, 2.05) is 12.1 Å². The Balaban J connectivity index is 2.19. The Kier molecular flexibility index (Phi) is 5.27. The van der Waals surface area contributed by atoms with Gasteiger partial charge >= 0.3 is 0 Å². The Labute approximate surface area is 139 Å². The Morgan fingerprint density at radius 1 is 1.00 bits per heavy atom. The summed E-state index contributed by atoms with van der Waals surface area (Å²) in [4.78, 5) is 0.393. The van der Waals surface area contributed by atoms with E-state index < -0.39 is 9.84 Å². The van der Waals surface area contributed by atoms with Gasteiger partial charge in [0.25, 0.3) is 0 Å². The predicted molar refractivity (Wildman–Crippen MR) is 95.2 cm³/mol. The lowest BCUT2D eigenvalue weighted by Crippen LogP contribution is -2.36. The van der Waals surface area contributed by atoms with Gasteiger partial charge in [-0.1, -0.05) is 49.4 Å². The van der Waals surface area contributed by atoms with Crippen molar-refractivity contribution in [3.05, 3.63) is 65.2 Å². The van der Waals surface area contributed by atoms with Crippen LogP contribution in [-0.4, -0.2) is 14.7 Å². The highest BCUT2D eigenvalue weighted by molar-refractivity contribution is 7.90. The van der Waals surface area contributed by atoms with Gasteiger partial charge in [0, 0.05) is 18.3 Å². The fraction of sp³-hybridized carbons (Fsp3) is 0.368. The Morgan fingerprint density at radius 2 is 1.61 bits per heavy atom. The average molecular weight is 331 g/mol. The van der Waals surface area contributed by atoms with Crippen LogP contribution in [0, 0.1) is 0 Å². The number of hydrogen-bond acceptors (Lipinski definition) is 3. The SMILES string of the molecule is CCc1ccc(C(C)(C)NCc2ccccc2S(C)(=O)=O)cc1. The van der Waals surface area contributed by atoms with Gasteiger partial charge in [0.1, 0.15) is 0 Å². The second-order valence-electron chi connectivity index (χ2n) is 6.41. The van der Waals surface area contributed by atoms with Gasteiger partial charge in [-0.2, -0.15) is 0 Å². The van der Waals surface area contributed by atoms with E-state index in [4.69, 9.17) is 0 Å². The van der Waals surface area contributed by atoms with Crippen molar-refractivity contribution in [3.63, 3.8) is 0 Å². The minimum Gasteiger partial charge on any atom is -0.304 e. The molecule has 0 aliphatic heterocycles. The normalized spacial score (nSPS) is 12.3. The molecular formula is C19H25NO2S. The quantitative estimate of drug-likeness (QED) is 0.878. The molecule has 1 N–H and O–H groups in total. The fourth-order valence-electron chi connectivity index (χ4n) is 2.59. The van der Waals surface area contributed by atoms with Crippen LogP contribution in [-0.2, 0) is 28.3 Å². The molecule has 0 radical (unpaired) electrons. The highest BCUT2D eigenvalue weighted by Crippen LogP contribution is 2.23. The largest absolute Gasteiger partial charge is 0.304 e. The summed E-state index contributed by atoms with van der Waals surface area (Å²) >= 11 is 0. The minimum absolute atomic E-state index is 0.239. The molecule has 0 spiro atoms. The van der Waals surface area contributed by atoms with Gasteiger partial charge in [-0.05, 0) is 43.0 Å². The Bertz CT molecular complexity index is 762. The van der Waals surface area contributed by atoms with Crippen LogP contribution < -0.4 is 5.32 Å². The van der Waals surface area contributed by atoms with E-state index >= 15 is 0 Å². The maximum atomic E-state index is 11.9. The van der Waals surface area contributed by atoms with Crippen molar-refractivity contribution in [3.8, 4) is 0 Å². The lowest BCUT2D eigenvalue weighted by Gasteiger charge is -2.28. The monoisotopic (exact) mass is 331 g/mol. The molecule has 0 fully saturated rings. The molecule has 0 heterocycles. The second-order valence-corrected chi connectivity index (χ2v) is 8.39. The molecule has 0 unspecified atom stereocenters. The molecule has 0 saturated carbocycles. The Morgan fingerprint density at radius 3 is 2.17 bits per heavy atom. The third-order valence-corrected chi connectivity index (χ3v) is 5.37. The molecular weight excluding hydrogens is 306 g/mol. The predicted octanol–water partition coefficient (Wildman–Crippen LogP) is 3.68. The zero-order valence-electron chi connectivity index (χ0n) is 14.3. The van der Waals surface area contributed by atoms with Crippen molar-refractivity contribution >= 4 is 9.84 Å². The van der Waals surface area contributed by atoms with Crippen molar-refractivity contribution in [2.75, 3.05) is 6.26 Å². The van der Waals surface area contributed by atoms with Gasteiger partial charge in [-0.25, -0.2) is 8.42 Å². The van der Waals surface area contributed by atoms with Crippen LogP contribution in [0.25, 0.3) is 0 Å². The van der Waals surface area contributed by atoms with Crippen molar-refractivity contribution in [2.24, 2.45) is 0 Å². The summed E-state index contributed by atoms with van der Waals surface area (Å²) < 4.78 is 23.8. The van der Waals surface area contributed by atoms with Gasteiger partial charge in [0.15, 0.2) is 9.84 Å². The molecule has 2 aromatic rings. The number of hydrogen-bond donors (Lipinski definition) is 1. The third kappa shape index (κ3) is 4.43. The maximum absolute atomic E-state index is 11.9. The van der Waals surface area contributed by atoms with Gasteiger partial charge in [-0.3, -0.25) is 0 Å². The molecule has 0 saturated heterocycles. The van der Waals surface area contributed by atoms with Crippen molar-refractivity contribution in [2.45, 2.75) is 44.2 Å². The van der Waals surface area contributed by atoms with E-state index in [9.17, 15) is 8.42 Å². The van der Waals surface area contributed by atoms with Crippen LogP contribution in [0.4, 0.5) is 0 Å². The maximum Gasteiger partial charge on any atom is 0.175 e. The topological polar surface area (TPSA) is 46.2 Å². The average Bonchev–Trinajstić information content (AvgIpc) is 2.52. The van der Waals surface area contributed by atoms with E-state index in [1.54, 1.807) is 12.1 Å². The van der Waals surface area contributed by atoms with E-state index in [0.717, 1.165) is 12.0 Å². The zero-order chi connectivity index (χ0) is 17.1. The summed E-state index contributed by atoms with van der Waals surface area (Å²) in [6, 6.07) is 15.7. The van der Waals surface area contributed by atoms with Crippen LogP contribution >= 0.6 is 0 Å². The summed E-state index contributed by atoms with van der Waals surface area (Å²) in [5, 5.41) is 3.48. The number of benzene rings is 2. The summed E-state index contributed by atoms with van der Waals surface area (Å²) in [5.74, 6) is 0. The standard InChI is InChI=1S/C19H25NO2S/c1-5-15-10-12-17(13-11-15)19(2,3)20-14-16-8-6-7-9-18(16)23(4,21)22/h6-13,20H,5,14H2,1-4H3. The van der Waals surface area contributed by atoms with Crippen molar-refractivity contribution in [1.82, 2.24) is 5.32 Å². The van der Waals surface area contributed by atoms with Gasteiger partial charge in [0.2, 0.25) is 0 Å². The molecule has 3 nitrogen and oxygen atoms in total. The minimum atomic E-state index is -3.21. The fourth-order valence-corrected chi connectivity index (χ4v) is 3.53. The molecule has 2 rings (SSSR count). The highest BCUT2D eigenvalue weighted by Gasteiger charge is 2.21. The van der Waals surface area contributed by atoms with Gasteiger partial charge in [-0.15, -0.1) is 0 Å². The van der Waals surface area contributed by atoms with Crippen LogP contribution in [0.3, 0.4) is 0 Å². The van der Waals surface area contributed by atoms with Crippen molar-refractivity contribution in [1.29, 1.82) is 0 Å². The summed E-state index contributed by atoms with van der Waals surface area (Å²) in [5.41, 5.74) is 3.06. The first-order valence-corrected chi connectivity index (χ1v) is 9.75. The molecule has 124 valence electrons. The number of rotatable bonds is 6. The molecule has 2 aromatic carbocycles. The van der Waals surface area contributed by atoms with Crippen molar-refractivity contribution < 1.29 is 8.42 Å². The molecule has 0 aromatic heterocycles. The van der Waals surface area contributed by atoms with E-state index in [1.165, 1.54) is 17.4 Å². The smallest absolute Gasteiger partial charge is 0.175 e. The third-order valence-electron chi connectivity index (χ3n) is 4.18. The van der Waals surface area contributed by atoms with Crippen LogP contribution in [0.1, 0.15) is 37.5 Å². The van der Waals surface area contributed by atoms with Crippen LogP contribution in [0.15, 0.2) is 53.4 Å². The number of sulfone groups is 1. The van der Waals surface area contributed by atoms with Gasteiger partial charge in [0.05, 0.1) is 4.90 Å². The second kappa shape index (κ2) is 6.85. The summed E-state index contributed by atoms with van der Waals surface area (Å²) in [7, 11) is -3.21. The number of aryl methyl sites for hydroxylation is 1. The first-order chi connectivity index (χ1) is 10.7. The first-order valence-electron chi connectivity index (χ1n) is 7.86. The zero-order valence-corrected chi connectivity index (χ0v) is 15.1. The van der Waals surface area contributed by atoms with E-state index in [-0.39, 0.29) is 5.54 Å². The first kappa shape index (κ1) is 17.7. The lowest BCUT2D eigenvalue weighted by molar-refractivity contribution is 0.399. The molecule has 0 amide bonds. The number of nitrogens with one attached hydrogen (secondary N) is 1.